The monoisotopic (exact) mass is 349 g/mol. The van der Waals surface area contributed by atoms with E-state index >= 15 is 0 Å². The summed E-state index contributed by atoms with van der Waals surface area (Å²) < 4.78 is 5.53. The minimum atomic E-state index is -0.0748. The van der Waals surface area contributed by atoms with Crippen LogP contribution in [0.25, 0.3) is 0 Å². The molecular weight excluding hydrogens is 326 g/mol. The minimum Gasteiger partial charge on any atom is -0.436 e. The first-order chi connectivity index (χ1) is 11.1. The largest absolute Gasteiger partial charge is 0.436 e. The van der Waals surface area contributed by atoms with Gasteiger partial charge < -0.3 is 14.6 Å². The fraction of sp³-hybridized carbons (Fsp3) is 0.444. The van der Waals surface area contributed by atoms with Crippen molar-refractivity contribution < 1.29 is 9.21 Å². The first-order valence-electron chi connectivity index (χ1n) is 8.14. The highest BCUT2D eigenvalue weighted by molar-refractivity contribution is 5.92. The van der Waals surface area contributed by atoms with Gasteiger partial charge in [0.2, 0.25) is 5.76 Å². The lowest BCUT2D eigenvalue weighted by atomic mass is 10.0. The fourth-order valence-corrected chi connectivity index (χ4v) is 3.08. The van der Waals surface area contributed by atoms with Crippen LogP contribution in [0.5, 0.6) is 0 Å². The van der Waals surface area contributed by atoms with Crippen LogP contribution in [0.2, 0.25) is 0 Å². The summed E-state index contributed by atoms with van der Waals surface area (Å²) in [4.78, 5) is 19.0. The maximum absolute atomic E-state index is 12.9. The number of carbonyl (C=O) groups is 1. The summed E-state index contributed by atoms with van der Waals surface area (Å²) in [5.41, 5.74) is 3.11. The number of nitrogens with zero attached hydrogens (tertiary/aromatic N) is 2. The van der Waals surface area contributed by atoms with Crippen molar-refractivity contribution >= 4 is 18.3 Å². The van der Waals surface area contributed by atoms with Gasteiger partial charge in [-0.1, -0.05) is 31.2 Å². The Morgan fingerprint density at radius 1 is 1.33 bits per heavy atom. The highest BCUT2D eigenvalue weighted by atomic mass is 35.5. The Morgan fingerprint density at radius 3 is 2.62 bits per heavy atom. The average Bonchev–Trinajstić information content (AvgIpc) is 2.92. The second kappa shape index (κ2) is 7.81. The van der Waals surface area contributed by atoms with Crippen molar-refractivity contribution in [3.8, 4) is 0 Å². The molecule has 0 aliphatic carbocycles. The van der Waals surface area contributed by atoms with E-state index in [2.05, 4.69) is 41.5 Å². The van der Waals surface area contributed by atoms with E-state index in [4.69, 9.17) is 4.42 Å². The van der Waals surface area contributed by atoms with Crippen LogP contribution >= 0.6 is 12.4 Å². The maximum atomic E-state index is 12.9. The number of hydrogen-bond donors (Lipinski definition) is 1. The number of piperazine rings is 1. The summed E-state index contributed by atoms with van der Waals surface area (Å²) in [6, 6.07) is 8.53. The van der Waals surface area contributed by atoms with Gasteiger partial charge in [0.25, 0.3) is 5.91 Å². The third kappa shape index (κ3) is 3.62. The Bertz CT molecular complexity index is 697. The number of halogens is 1. The highest BCUT2D eigenvalue weighted by Gasteiger charge is 2.31. The molecule has 1 aromatic carbocycles. The molecule has 0 spiro atoms. The van der Waals surface area contributed by atoms with E-state index in [1.54, 1.807) is 6.92 Å². The zero-order chi connectivity index (χ0) is 16.4. The fourth-order valence-electron chi connectivity index (χ4n) is 3.08. The molecule has 0 bridgehead atoms. The van der Waals surface area contributed by atoms with Gasteiger partial charge in [0, 0.05) is 26.6 Å². The van der Waals surface area contributed by atoms with Crippen molar-refractivity contribution in [3.63, 3.8) is 0 Å². The van der Waals surface area contributed by atoms with Crippen molar-refractivity contribution in [2.45, 2.75) is 33.2 Å². The predicted octanol–water partition coefficient (Wildman–Crippen LogP) is 3.06. The lowest BCUT2D eigenvalue weighted by molar-refractivity contribution is 0.0599. The summed E-state index contributed by atoms with van der Waals surface area (Å²) in [7, 11) is 0. The third-order valence-corrected chi connectivity index (χ3v) is 4.37. The molecule has 2 aromatic rings. The number of carbonyl (C=O) groups excluding carboxylic acids is 1. The Kier molecular flexibility index (Phi) is 6.02. The molecule has 1 N–H and O–H groups in total. The number of aryl methyl sites for hydroxylation is 3. The Balaban J connectivity index is 0.00000208. The summed E-state index contributed by atoms with van der Waals surface area (Å²) in [5, 5.41) is 3.38. The molecule has 5 nitrogen and oxygen atoms in total. The second-order valence-electron chi connectivity index (χ2n) is 5.96. The first-order valence-corrected chi connectivity index (χ1v) is 8.14. The maximum Gasteiger partial charge on any atom is 0.292 e. The molecule has 2 heterocycles. The lowest BCUT2D eigenvalue weighted by Gasteiger charge is -2.36. The van der Waals surface area contributed by atoms with Crippen molar-refractivity contribution in [3.05, 3.63) is 52.7 Å². The molecule has 0 radical (unpaired) electrons. The minimum absolute atomic E-state index is 0. The van der Waals surface area contributed by atoms with Crippen LogP contribution in [-0.2, 0) is 6.42 Å². The standard InChI is InChI=1S/C18H23N3O2.ClH/c1-4-14-5-7-15(8-6-14)16-11-19-9-10-21(16)18(22)17-12(2)20-13(3)23-17;/h5-8,16,19H,4,9-11H2,1-3H3;1H. The van der Waals surface area contributed by atoms with Crippen molar-refractivity contribution in [2.75, 3.05) is 19.6 Å². The quantitative estimate of drug-likeness (QED) is 0.925. The van der Waals surface area contributed by atoms with Crippen molar-refractivity contribution in [1.29, 1.82) is 0 Å². The average molecular weight is 350 g/mol. The number of benzene rings is 1. The van der Waals surface area contributed by atoms with Gasteiger partial charge in [-0.2, -0.15) is 0 Å². The van der Waals surface area contributed by atoms with Gasteiger partial charge in [0.05, 0.1) is 11.7 Å². The van der Waals surface area contributed by atoms with Crippen molar-refractivity contribution in [1.82, 2.24) is 15.2 Å². The molecule has 1 unspecified atom stereocenters. The number of aromatic nitrogens is 1. The Morgan fingerprint density at radius 2 is 2.04 bits per heavy atom. The van der Waals surface area contributed by atoms with E-state index in [9.17, 15) is 4.79 Å². The molecule has 1 aliphatic rings. The molecule has 1 amide bonds. The highest BCUT2D eigenvalue weighted by Crippen LogP contribution is 2.25. The van der Waals surface area contributed by atoms with Crippen LogP contribution in [-0.4, -0.2) is 35.4 Å². The van der Waals surface area contributed by atoms with E-state index in [0.29, 0.717) is 23.9 Å². The topological polar surface area (TPSA) is 58.4 Å². The van der Waals surface area contributed by atoms with Crippen molar-refractivity contribution in [2.24, 2.45) is 0 Å². The van der Waals surface area contributed by atoms with Crippen LogP contribution < -0.4 is 5.32 Å². The van der Waals surface area contributed by atoms with E-state index in [1.807, 2.05) is 11.8 Å². The molecule has 24 heavy (non-hydrogen) atoms. The zero-order valence-corrected chi connectivity index (χ0v) is 15.2. The van der Waals surface area contributed by atoms with E-state index in [-0.39, 0.29) is 24.4 Å². The summed E-state index contributed by atoms with van der Waals surface area (Å²) >= 11 is 0. The van der Waals surface area contributed by atoms with Gasteiger partial charge in [-0.25, -0.2) is 4.98 Å². The van der Waals surface area contributed by atoms with Gasteiger partial charge in [-0.3, -0.25) is 4.79 Å². The molecule has 130 valence electrons. The molecule has 1 aliphatic heterocycles. The van der Waals surface area contributed by atoms with Crippen LogP contribution in [0, 0.1) is 13.8 Å². The molecule has 1 fully saturated rings. The normalized spacial score (nSPS) is 17.5. The van der Waals surface area contributed by atoms with Crippen LogP contribution in [0.4, 0.5) is 0 Å². The summed E-state index contributed by atoms with van der Waals surface area (Å²) in [6.07, 6.45) is 1.02. The molecule has 1 atom stereocenters. The Labute approximate surface area is 148 Å². The molecule has 6 heteroatoms. The van der Waals surface area contributed by atoms with Crippen LogP contribution in [0.15, 0.2) is 28.7 Å². The van der Waals surface area contributed by atoms with E-state index in [1.165, 1.54) is 5.56 Å². The lowest BCUT2D eigenvalue weighted by Crippen LogP contribution is -2.48. The number of rotatable bonds is 3. The number of hydrogen-bond acceptors (Lipinski definition) is 4. The van der Waals surface area contributed by atoms with Gasteiger partial charge >= 0.3 is 0 Å². The van der Waals surface area contributed by atoms with Gasteiger partial charge in [0.15, 0.2) is 5.89 Å². The molecule has 0 saturated carbocycles. The Hall–Kier alpha value is -1.85. The second-order valence-corrected chi connectivity index (χ2v) is 5.96. The summed E-state index contributed by atoms with van der Waals surface area (Å²) in [6.45, 7) is 7.94. The van der Waals surface area contributed by atoms with E-state index < -0.39 is 0 Å². The zero-order valence-electron chi connectivity index (χ0n) is 14.3. The SMILES string of the molecule is CCc1ccc(C2CNCCN2C(=O)c2oc(C)nc2C)cc1.Cl. The van der Waals surface area contributed by atoms with Gasteiger partial charge in [-0.05, 0) is 24.5 Å². The predicted molar refractivity (Wildman–Crippen MR) is 95.7 cm³/mol. The summed E-state index contributed by atoms with van der Waals surface area (Å²) in [5.74, 6) is 0.818. The van der Waals surface area contributed by atoms with Gasteiger partial charge in [0.1, 0.15) is 0 Å². The number of oxazole rings is 1. The van der Waals surface area contributed by atoms with Crippen LogP contribution in [0.1, 0.15) is 46.2 Å². The molecule has 3 rings (SSSR count). The number of amides is 1. The molecule has 1 aromatic heterocycles. The molecule has 1 saturated heterocycles. The third-order valence-electron chi connectivity index (χ3n) is 4.37. The van der Waals surface area contributed by atoms with Crippen LogP contribution in [0.3, 0.4) is 0 Å². The number of nitrogens with one attached hydrogen (secondary N) is 1. The smallest absolute Gasteiger partial charge is 0.292 e. The molecular formula is C18H24ClN3O2. The van der Waals surface area contributed by atoms with E-state index in [0.717, 1.165) is 25.1 Å². The van der Waals surface area contributed by atoms with Gasteiger partial charge in [-0.15, -0.1) is 12.4 Å². The first kappa shape index (κ1) is 18.5.